The van der Waals surface area contributed by atoms with Gasteiger partial charge in [0.2, 0.25) is 10.0 Å². The fourth-order valence-corrected chi connectivity index (χ4v) is 3.51. The zero-order valence-corrected chi connectivity index (χ0v) is 19.1. The fraction of sp³-hybridized carbons (Fsp3) is 0.650. The number of aliphatic imine (C=N–C) groups is 1. The van der Waals surface area contributed by atoms with Crippen molar-refractivity contribution in [2.24, 2.45) is 4.99 Å². The number of ether oxygens (including phenoxy) is 2. The van der Waals surface area contributed by atoms with Gasteiger partial charge in [-0.25, -0.2) is 12.7 Å². The SMILES string of the molecule is CCOc1ccc(CCNC(=NC)NCCCN(C)S(=O)(=O)CC)cc1OCC. The van der Waals surface area contributed by atoms with Gasteiger partial charge >= 0.3 is 0 Å². The van der Waals surface area contributed by atoms with Crippen LogP contribution in [-0.2, 0) is 16.4 Å². The molecule has 8 nitrogen and oxygen atoms in total. The molecular weight excluding hydrogens is 392 g/mol. The Morgan fingerprint density at radius 3 is 2.34 bits per heavy atom. The molecule has 9 heteroatoms. The monoisotopic (exact) mass is 428 g/mol. The predicted molar refractivity (Wildman–Crippen MR) is 119 cm³/mol. The van der Waals surface area contributed by atoms with Crippen LogP contribution in [0.4, 0.5) is 0 Å². The molecular formula is C20H36N4O4S. The highest BCUT2D eigenvalue weighted by Crippen LogP contribution is 2.28. The molecule has 0 aromatic heterocycles. The quantitative estimate of drug-likeness (QED) is 0.283. The molecule has 166 valence electrons. The van der Waals surface area contributed by atoms with Gasteiger partial charge in [0.1, 0.15) is 0 Å². The van der Waals surface area contributed by atoms with Crippen molar-refractivity contribution in [2.75, 3.05) is 52.7 Å². The molecule has 0 unspecified atom stereocenters. The van der Waals surface area contributed by atoms with Gasteiger partial charge in [0, 0.05) is 33.7 Å². The van der Waals surface area contributed by atoms with Gasteiger partial charge in [0.25, 0.3) is 0 Å². The van der Waals surface area contributed by atoms with Gasteiger partial charge in [-0.1, -0.05) is 6.07 Å². The number of guanidine groups is 1. The van der Waals surface area contributed by atoms with E-state index in [0.29, 0.717) is 45.2 Å². The summed E-state index contributed by atoms with van der Waals surface area (Å²) in [6.45, 7) is 8.58. The highest BCUT2D eigenvalue weighted by atomic mass is 32.2. The second-order valence-electron chi connectivity index (χ2n) is 6.40. The van der Waals surface area contributed by atoms with Crippen LogP contribution in [0.2, 0.25) is 0 Å². The van der Waals surface area contributed by atoms with Crippen LogP contribution in [0.25, 0.3) is 0 Å². The third-order valence-electron chi connectivity index (χ3n) is 4.32. The van der Waals surface area contributed by atoms with E-state index in [1.165, 1.54) is 4.31 Å². The van der Waals surface area contributed by atoms with Gasteiger partial charge in [-0.05, 0) is 51.3 Å². The van der Waals surface area contributed by atoms with E-state index in [2.05, 4.69) is 15.6 Å². The minimum absolute atomic E-state index is 0.122. The van der Waals surface area contributed by atoms with Crippen molar-refractivity contribution in [1.82, 2.24) is 14.9 Å². The summed E-state index contributed by atoms with van der Waals surface area (Å²) in [7, 11) is 0.202. The molecule has 0 bridgehead atoms. The van der Waals surface area contributed by atoms with Crippen LogP contribution in [0.1, 0.15) is 32.8 Å². The fourth-order valence-electron chi connectivity index (χ4n) is 2.66. The van der Waals surface area contributed by atoms with Crippen molar-refractivity contribution < 1.29 is 17.9 Å². The zero-order valence-electron chi connectivity index (χ0n) is 18.3. The molecule has 0 heterocycles. The second kappa shape index (κ2) is 13.3. The first-order chi connectivity index (χ1) is 13.9. The number of sulfonamides is 1. The van der Waals surface area contributed by atoms with E-state index in [4.69, 9.17) is 9.47 Å². The molecule has 0 saturated carbocycles. The Balaban J connectivity index is 2.43. The summed E-state index contributed by atoms with van der Waals surface area (Å²) < 4.78 is 36.1. The van der Waals surface area contributed by atoms with Crippen LogP contribution in [0.3, 0.4) is 0 Å². The van der Waals surface area contributed by atoms with Crippen LogP contribution in [0, 0.1) is 0 Å². The lowest BCUT2D eigenvalue weighted by Crippen LogP contribution is -2.39. The largest absolute Gasteiger partial charge is 0.490 e. The van der Waals surface area contributed by atoms with Gasteiger partial charge in [0.15, 0.2) is 17.5 Å². The number of nitrogens with one attached hydrogen (secondary N) is 2. The summed E-state index contributed by atoms with van der Waals surface area (Å²) in [4.78, 5) is 4.20. The molecule has 0 aliphatic heterocycles. The van der Waals surface area contributed by atoms with Crippen LogP contribution in [0.15, 0.2) is 23.2 Å². The molecule has 1 aromatic rings. The number of nitrogens with zero attached hydrogens (tertiary/aromatic N) is 2. The second-order valence-corrected chi connectivity index (χ2v) is 8.76. The van der Waals surface area contributed by atoms with Crippen LogP contribution in [0.5, 0.6) is 11.5 Å². The third-order valence-corrected chi connectivity index (χ3v) is 6.18. The highest BCUT2D eigenvalue weighted by molar-refractivity contribution is 7.89. The van der Waals surface area contributed by atoms with Crippen molar-refractivity contribution in [1.29, 1.82) is 0 Å². The normalized spacial score (nSPS) is 12.1. The summed E-state index contributed by atoms with van der Waals surface area (Å²) in [6.07, 6.45) is 1.51. The van der Waals surface area contributed by atoms with E-state index >= 15 is 0 Å². The van der Waals surface area contributed by atoms with E-state index in [1.807, 2.05) is 32.0 Å². The smallest absolute Gasteiger partial charge is 0.213 e. The van der Waals surface area contributed by atoms with E-state index in [9.17, 15) is 8.42 Å². The van der Waals surface area contributed by atoms with E-state index in [1.54, 1.807) is 21.0 Å². The summed E-state index contributed by atoms with van der Waals surface area (Å²) >= 11 is 0. The maximum Gasteiger partial charge on any atom is 0.213 e. The Labute approximate surface area is 175 Å². The molecule has 0 aliphatic rings. The lowest BCUT2D eigenvalue weighted by molar-refractivity contribution is 0.287. The van der Waals surface area contributed by atoms with Crippen LogP contribution < -0.4 is 20.1 Å². The third kappa shape index (κ3) is 8.91. The summed E-state index contributed by atoms with van der Waals surface area (Å²) in [6, 6.07) is 5.99. The van der Waals surface area contributed by atoms with Crippen LogP contribution >= 0.6 is 0 Å². The van der Waals surface area contributed by atoms with E-state index < -0.39 is 10.0 Å². The summed E-state index contributed by atoms with van der Waals surface area (Å²) in [5.74, 6) is 2.34. The van der Waals surface area contributed by atoms with E-state index in [0.717, 1.165) is 23.5 Å². The molecule has 29 heavy (non-hydrogen) atoms. The van der Waals surface area contributed by atoms with Gasteiger partial charge in [-0.2, -0.15) is 0 Å². The molecule has 0 atom stereocenters. The van der Waals surface area contributed by atoms with Gasteiger partial charge in [-0.15, -0.1) is 0 Å². The lowest BCUT2D eigenvalue weighted by Gasteiger charge is -2.17. The molecule has 0 fully saturated rings. The van der Waals surface area contributed by atoms with Gasteiger partial charge in [0.05, 0.1) is 19.0 Å². The maximum atomic E-state index is 11.7. The number of rotatable bonds is 13. The molecule has 1 rings (SSSR count). The molecule has 0 amide bonds. The van der Waals surface area contributed by atoms with Crippen LogP contribution in [-0.4, -0.2) is 71.4 Å². The van der Waals surface area contributed by atoms with Crippen molar-refractivity contribution in [2.45, 2.75) is 33.6 Å². The lowest BCUT2D eigenvalue weighted by atomic mass is 10.1. The Kier molecular flexibility index (Phi) is 11.5. The Bertz CT molecular complexity index is 738. The Morgan fingerprint density at radius 1 is 1.07 bits per heavy atom. The summed E-state index contributed by atoms with van der Waals surface area (Å²) in [5, 5.41) is 6.48. The Hall–Kier alpha value is -2.00. The minimum Gasteiger partial charge on any atom is -0.490 e. The molecule has 2 N–H and O–H groups in total. The molecule has 0 radical (unpaired) electrons. The average Bonchev–Trinajstić information content (AvgIpc) is 2.71. The molecule has 0 aliphatic carbocycles. The highest BCUT2D eigenvalue weighted by Gasteiger charge is 2.14. The Morgan fingerprint density at radius 2 is 1.72 bits per heavy atom. The molecule has 1 aromatic carbocycles. The van der Waals surface area contributed by atoms with Crippen molar-refractivity contribution in [3.05, 3.63) is 23.8 Å². The first-order valence-corrected chi connectivity index (χ1v) is 11.8. The first kappa shape index (κ1) is 25.0. The number of hydrogen-bond donors (Lipinski definition) is 2. The topological polar surface area (TPSA) is 92.3 Å². The van der Waals surface area contributed by atoms with E-state index in [-0.39, 0.29) is 5.75 Å². The summed E-state index contributed by atoms with van der Waals surface area (Å²) in [5.41, 5.74) is 1.14. The predicted octanol–water partition coefficient (Wildman–Crippen LogP) is 1.86. The number of hydrogen-bond acceptors (Lipinski definition) is 5. The zero-order chi connectivity index (χ0) is 21.7. The van der Waals surface area contributed by atoms with Crippen molar-refractivity contribution >= 4 is 16.0 Å². The van der Waals surface area contributed by atoms with Gasteiger partial charge in [-0.3, -0.25) is 4.99 Å². The maximum absolute atomic E-state index is 11.7. The van der Waals surface area contributed by atoms with Crippen molar-refractivity contribution in [3.8, 4) is 11.5 Å². The molecule has 0 saturated heterocycles. The number of benzene rings is 1. The minimum atomic E-state index is -3.12. The average molecular weight is 429 g/mol. The van der Waals surface area contributed by atoms with Gasteiger partial charge < -0.3 is 20.1 Å². The first-order valence-electron chi connectivity index (χ1n) is 10.1. The molecule has 0 spiro atoms. The standard InChI is InChI=1S/C20H36N4O4S/c1-6-27-18-11-10-17(16-19(18)28-7-2)12-14-23-20(21-4)22-13-9-15-24(5)29(25,26)8-3/h10-11,16H,6-9,12-15H2,1-5H3,(H2,21,22,23). The van der Waals surface area contributed by atoms with Crippen molar-refractivity contribution in [3.63, 3.8) is 0 Å².